The first kappa shape index (κ1) is 32.6. The quantitative estimate of drug-likeness (QED) is 0.199. The standard InChI is InChI=1S/C31H38N2O6S.ClH/c34-18-6-20-40(37,38)33-31(36)28-16-13-26(21-29(28)24-7-4-5-8-24)23-11-14-27(15-12-23)39-19-17-32-22-30(35)25-9-2-1-3-10-25;/h1-3,9-16,21,24,30,32,34-35H,4-8,17-20,22H2,(H,33,36);1H/t30-;/m0./s1. The first-order valence-corrected chi connectivity index (χ1v) is 15.5. The second-order valence-electron chi connectivity index (χ2n) is 10.1. The van der Waals surface area contributed by atoms with Crippen molar-refractivity contribution in [3.8, 4) is 16.9 Å². The van der Waals surface area contributed by atoms with E-state index in [1.54, 1.807) is 6.07 Å². The summed E-state index contributed by atoms with van der Waals surface area (Å²) in [4.78, 5) is 13.0. The Balaban J connectivity index is 0.00000462. The summed E-state index contributed by atoms with van der Waals surface area (Å²) in [5, 5.41) is 22.4. The van der Waals surface area contributed by atoms with Crippen molar-refractivity contribution in [3.63, 3.8) is 0 Å². The lowest BCUT2D eigenvalue weighted by molar-refractivity contribution is 0.0980. The van der Waals surface area contributed by atoms with Crippen molar-refractivity contribution in [3.05, 3.63) is 89.5 Å². The molecule has 0 unspecified atom stereocenters. The SMILES string of the molecule is Cl.O=C(NS(=O)(=O)CCCO)c1ccc(-c2ccc(OCCNC[C@H](O)c3ccccc3)cc2)cc1C1CCCC1. The molecular formula is C31H39ClN2O6S. The van der Waals surface area contributed by atoms with E-state index in [4.69, 9.17) is 9.84 Å². The molecule has 3 aromatic carbocycles. The minimum Gasteiger partial charge on any atom is -0.492 e. The van der Waals surface area contributed by atoms with Crippen LogP contribution in [0.4, 0.5) is 0 Å². The van der Waals surface area contributed by atoms with E-state index in [0.29, 0.717) is 25.3 Å². The van der Waals surface area contributed by atoms with Crippen LogP contribution in [0.3, 0.4) is 0 Å². The zero-order chi connectivity index (χ0) is 28.4. The van der Waals surface area contributed by atoms with Crippen LogP contribution < -0.4 is 14.8 Å². The number of benzene rings is 3. The molecule has 0 heterocycles. The zero-order valence-corrected chi connectivity index (χ0v) is 24.6. The van der Waals surface area contributed by atoms with Gasteiger partial charge in [0.2, 0.25) is 10.0 Å². The Morgan fingerprint density at radius 2 is 1.66 bits per heavy atom. The number of aliphatic hydroxyl groups excluding tert-OH is 2. The first-order chi connectivity index (χ1) is 19.4. The smallest absolute Gasteiger partial charge is 0.265 e. The van der Waals surface area contributed by atoms with E-state index in [0.717, 1.165) is 53.7 Å². The largest absolute Gasteiger partial charge is 0.492 e. The summed E-state index contributed by atoms with van der Waals surface area (Å²) in [6.07, 6.45) is 3.59. The highest BCUT2D eigenvalue weighted by Gasteiger charge is 2.25. The van der Waals surface area contributed by atoms with Gasteiger partial charge in [-0.05, 0) is 65.6 Å². The number of nitrogens with one attached hydrogen (secondary N) is 2. The molecule has 0 saturated heterocycles. The lowest BCUT2D eigenvalue weighted by Crippen LogP contribution is -2.33. The van der Waals surface area contributed by atoms with Gasteiger partial charge in [0.1, 0.15) is 12.4 Å². The molecule has 1 saturated carbocycles. The number of hydrogen-bond acceptors (Lipinski definition) is 7. The molecule has 0 bridgehead atoms. The maximum Gasteiger partial charge on any atom is 0.265 e. The number of amides is 1. The Morgan fingerprint density at radius 1 is 0.976 bits per heavy atom. The summed E-state index contributed by atoms with van der Waals surface area (Å²) >= 11 is 0. The molecule has 3 aromatic rings. The second kappa shape index (κ2) is 15.9. The number of carbonyl (C=O) groups excluding carboxylic acids is 1. The molecular weight excluding hydrogens is 564 g/mol. The average Bonchev–Trinajstić information content (AvgIpc) is 3.51. The number of hydrogen-bond donors (Lipinski definition) is 4. The first-order valence-electron chi connectivity index (χ1n) is 13.8. The molecule has 4 rings (SSSR count). The van der Waals surface area contributed by atoms with E-state index < -0.39 is 22.0 Å². The van der Waals surface area contributed by atoms with Crippen LogP contribution in [0.5, 0.6) is 5.75 Å². The van der Waals surface area contributed by atoms with Gasteiger partial charge in [0.05, 0.1) is 11.9 Å². The zero-order valence-electron chi connectivity index (χ0n) is 23.0. The van der Waals surface area contributed by atoms with Gasteiger partial charge in [-0.2, -0.15) is 0 Å². The van der Waals surface area contributed by atoms with Crippen LogP contribution in [0.25, 0.3) is 11.1 Å². The van der Waals surface area contributed by atoms with Gasteiger partial charge in [0, 0.05) is 25.3 Å². The predicted octanol–water partition coefficient (Wildman–Crippen LogP) is 4.58. The predicted molar refractivity (Wildman–Crippen MR) is 163 cm³/mol. The van der Waals surface area contributed by atoms with E-state index in [2.05, 4.69) is 10.0 Å². The molecule has 1 atom stereocenters. The van der Waals surface area contributed by atoms with Gasteiger partial charge in [-0.3, -0.25) is 4.79 Å². The summed E-state index contributed by atoms with van der Waals surface area (Å²) in [7, 11) is -3.82. The van der Waals surface area contributed by atoms with Crippen molar-refractivity contribution >= 4 is 28.3 Å². The normalized spacial score (nSPS) is 14.3. The Kier molecular flexibility index (Phi) is 12.6. The molecule has 222 valence electrons. The van der Waals surface area contributed by atoms with Crippen molar-refractivity contribution < 1.29 is 28.2 Å². The Bertz CT molecular complexity index is 1350. The molecule has 0 spiro atoms. The summed E-state index contributed by atoms with van der Waals surface area (Å²) in [5.41, 5.74) is 4.05. The van der Waals surface area contributed by atoms with Gasteiger partial charge in [0.15, 0.2) is 0 Å². The minimum atomic E-state index is -3.82. The van der Waals surface area contributed by atoms with E-state index in [1.807, 2.05) is 66.7 Å². The van der Waals surface area contributed by atoms with Gasteiger partial charge in [-0.25, -0.2) is 13.1 Å². The van der Waals surface area contributed by atoms with E-state index in [-0.39, 0.29) is 37.1 Å². The van der Waals surface area contributed by atoms with Crippen LogP contribution in [0.15, 0.2) is 72.8 Å². The second-order valence-corrected chi connectivity index (χ2v) is 12.0. The maximum absolute atomic E-state index is 13.0. The minimum absolute atomic E-state index is 0. The third-order valence-corrected chi connectivity index (χ3v) is 8.49. The highest BCUT2D eigenvalue weighted by Crippen LogP contribution is 2.38. The molecule has 0 radical (unpaired) electrons. The highest BCUT2D eigenvalue weighted by atomic mass is 35.5. The number of ether oxygens (including phenoxy) is 1. The van der Waals surface area contributed by atoms with Gasteiger partial charge in [-0.1, -0.05) is 67.4 Å². The van der Waals surface area contributed by atoms with Crippen molar-refractivity contribution in [2.24, 2.45) is 0 Å². The fraction of sp³-hybridized carbons (Fsp3) is 0.387. The Hall–Kier alpha value is -2.95. The van der Waals surface area contributed by atoms with Crippen LogP contribution >= 0.6 is 12.4 Å². The van der Waals surface area contributed by atoms with Crippen molar-refractivity contribution in [1.29, 1.82) is 0 Å². The number of halogens is 1. The Labute approximate surface area is 248 Å². The fourth-order valence-electron chi connectivity index (χ4n) is 5.04. The maximum atomic E-state index is 13.0. The van der Waals surface area contributed by atoms with Crippen LogP contribution in [0.2, 0.25) is 0 Å². The number of sulfonamides is 1. The van der Waals surface area contributed by atoms with Gasteiger partial charge in [0.25, 0.3) is 5.91 Å². The highest BCUT2D eigenvalue weighted by molar-refractivity contribution is 7.90. The number of rotatable bonds is 14. The third kappa shape index (κ3) is 9.55. The number of carbonyl (C=O) groups is 1. The summed E-state index contributed by atoms with van der Waals surface area (Å²) in [6, 6.07) is 22.8. The van der Waals surface area contributed by atoms with Crippen LogP contribution in [0.1, 0.15) is 65.6 Å². The van der Waals surface area contributed by atoms with Crippen LogP contribution in [-0.2, 0) is 10.0 Å². The lowest BCUT2D eigenvalue weighted by atomic mass is 9.89. The van der Waals surface area contributed by atoms with E-state index in [9.17, 15) is 18.3 Å². The Morgan fingerprint density at radius 3 is 2.34 bits per heavy atom. The van der Waals surface area contributed by atoms with Gasteiger partial charge < -0.3 is 20.3 Å². The van der Waals surface area contributed by atoms with Gasteiger partial charge in [-0.15, -0.1) is 12.4 Å². The van der Waals surface area contributed by atoms with Gasteiger partial charge >= 0.3 is 0 Å². The topological polar surface area (TPSA) is 125 Å². The molecule has 1 fully saturated rings. The molecule has 1 amide bonds. The number of aliphatic hydroxyl groups is 2. The monoisotopic (exact) mass is 602 g/mol. The van der Waals surface area contributed by atoms with E-state index >= 15 is 0 Å². The summed E-state index contributed by atoms with van der Waals surface area (Å²) in [6.45, 7) is 1.24. The van der Waals surface area contributed by atoms with Crippen molar-refractivity contribution in [1.82, 2.24) is 10.0 Å². The van der Waals surface area contributed by atoms with Crippen molar-refractivity contribution in [2.75, 3.05) is 32.1 Å². The average molecular weight is 603 g/mol. The molecule has 41 heavy (non-hydrogen) atoms. The fourth-order valence-corrected chi connectivity index (χ4v) is 6.05. The molecule has 0 aromatic heterocycles. The van der Waals surface area contributed by atoms with Crippen molar-refractivity contribution in [2.45, 2.75) is 44.1 Å². The molecule has 1 aliphatic carbocycles. The molecule has 8 nitrogen and oxygen atoms in total. The molecule has 10 heteroatoms. The molecule has 0 aliphatic heterocycles. The molecule has 4 N–H and O–H groups in total. The summed E-state index contributed by atoms with van der Waals surface area (Å²) in [5.74, 6) is 0.0114. The van der Waals surface area contributed by atoms with E-state index in [1.165, 1.54) is 0 Å². The molecule has 1 aliphatic rings. The van der Waals surface area contributed by atoms with Crippen LogP contribution in [-0.4, -0.2) is 56.6 Å². The lowest BCUT2D eigenvalue weighted by Gasteiger charge is -2.17. The third-order valence-electron chi connectivity index (χ3n) is 7.17. The van der Waals surface area contributed by atoms with Crippen LogP contribution in [0, 0.1) is 0 Å². The summed E-state index contributed by atoms with van der Waals surface area (Å²) < 4.78 is 32.5.